The smallest absolute Gasteiger partial charge is 0.105 e. The summed E-state index contributed by atoms with van der Waals surface area (Å²) in [6, 6.07) is 10.4. The first-order valence-corrected chi connectivity index (χ1v) is 8.56. The Kier molecular flexibility index (Phi) is 4.99. The number of rotatable bonds is 6. The van der Waals surface area contributed by atoms with E-state index in [1.807, 2.05) is 12.1 Å². The predicted molar refractivity (Wildman–Crippen MR) is 97.9 cm³/mol. The van der Waals surface area contributed by atoms with Crippen molar-refractivity contribution in [3.63, 3.8) is 0 Å². The lowest BCUT2D eigenvalue weighted by Gasteiger charge is -2.06. The van der Waals surface area contributed by atoms with Gasteiger partial charge in [0.05, 0.1) is 10.7 Å². The molecule has 0 amide bonds. The van der Waals surface area contributed by atoms with Crippen LogP contribution in [-0.2, 0) is 12.8 Å². The molecular weight excluding hydrogens is 306 g/mol. The number of aryl methyl sites for hydroxylation is 2. The number of aromatic amines is 1. The Bertz CT molecular complexity index is 807. The van der Waals surface area contributed by atoms with Gasteiger partial charge < -0.3 is 10.7 Å². The molecular formula is C19H22ClN3. The summed E-state index contributed by atoms with van der Waals surface area (Å²) >= 11 is 6.38. The molecule has 3 nitrogen and oxygen atoms in total. The Balaban J connectivity index is 2.15. The maximum atomic E-state index is 6.38. The van der Waals surface area contributed by atoms with E-state index in [-0.39, 0.29) is 0 Å². The minimum absolute atomic E-state index is 0.676. The van der Waals surface area contributed by atoms with Gasteiger partial charge in [-0.3, -0.25) is 4.98 Å². The normalized spacial score (nSPS) is 11.3. The van der Waals surface area contributed by atoms with Crippen molar-refractivity contribution in [1.82, 2.24) is 9.97 Å². The van der Waals surface area contributed by atoms with Crippen LogP contribution in [0.15, 0.2) is 36.5 Å². The number of unbranched alkanes of at least 4 members (excludes halogenated alkanes) is 1. The van der Waals surface area contributed by atoms with Gasteiger partial charge in [0.1, 0.15) is 5.69 Å². The fourth-order valence-corrected chi connectivity index (χ4v) is 3.21. The number of aromatic nitrogens is 2. The third-order valence-corrected chi connectivity index (χ3v) is 4.56. The quantitative estimate of drug-likeness (QED) is 0.643. The van der Waals surface area contributed by atoms with Gasteiger partial charge in [0, 0.05) is 17.1 Å². The van der Waals surface area contributed by atoms with Crippen LogP contribution in [0.25, 0.3) is 22.3 Å². The van der Waals surface area contributed by atoms with Crippen LogP contribution < -0.4 is 5.73 Å². The second-order valence-electron chi connectivity index (χ2n) is 5.79. The van der Waals surface area contributed by atoms with E-state index in [9.17, 15) is 0 Å². The molecule has 0 aliphatic heterocycles. The first-order chi connectivity index (χ1) is 11.2. The van der Waals surface area contributed by atoms with E-state index in [2.05, 4.69) is 35.1 Å². The number of halogens is 1. The van der Waals surface area contributed by atoms with Gasteiger partial charge in [0.2, 0.25) is 0 Å². The second kappa shape index (κ2) is 7.16. The highest BCUT2D eigenvalue weighted by Gasteiger charge is 2.16. The fraction of sp³-hybridized carbons (Fsp3) is 0.316. The highest BCUT2D eigenvalue weighted by Crippen LogP contribution is 2.34. The summed E-state index contributed by atoms with van der Waals surface area (Å²) in [6.07, 6.45) is 5.89. The third kappa shape index (κ3) is 3.26. The summed E-state index contributed by atoms with van der Waals surface area (Å²) in [4.78, 5) is 8.01. The molecule has 0 aliphatic rings. The Morgan fingerprint density at radius 3 is 2.83 bits per heavy atom. The van der Waals surface area contributed by atoms with Gasteiger partial charge in [0.15, 0.2) is 0 Å². The first-order valence-electron chi connectivity index (χ1n) is 8.19. The zero-order valence-electron chi connectivity index (χ0n) is 13.4. The highest BCUT2D eigenvalue weighted by atomic mass is 35.5. The zero-order valence-corrected chi connectivity index (χ0v) is 14.2. The van der Waals surface area contributed by atoms with Gasteiger partial charge in [0.25, 0.3) is 0 Å². The second-order valence-corrected chi connectivity index (χ2v) is 6.20. The van der Waals surface area contributed by atoms with Crippen molar-refractivity contribution < 1.29 is 0 Å². The van der Waals surface area contributed by atoms with Gasteiger partial charge in [-0.25, -0.2) is 0 Å². The molecule has 0 atom stereocenters. The molecule has 4 heteroatoms. The van der Waals surface area contributed by atoms with Crippen LogP contribution in [0.3, 0.4) is 0 Å². The number of pyridine rings is 1. The lowest BCUT2D eigenvalue weighted by atomic mass is 10.0. The van der Waals surface area contributed by atoms with Gasteiger partial charge >= 0.3 is 0 Å². The van der Waals surface area contributed by atoms with Gasteiger partial charge in [-0.1, -0.05) is 24.6 Å². The third-order valence-electron chi connectivity index (χ3n) is 4.25. The average Bonchev–Trinajstić information content (AvgIpc) is 2.93. The predicted octanol–water partition coefficient (Wildman–Crippen LogP) is 4.73. The van der Waals surface area contributed by atoms with E-state index in [0.717, 1.165) is 49.1 Å². The summed E-state index contributed by atoms with van der Waals surface area (Å²) in [5.41, 5.74) is 11.3. The minimum atomic E-state index is 0.676. The Morgan fingerprint density at radius 2 is 2.09 bits per heavy atom. The fourth-order valence-electron chi connectivity index (χ4n) is 2.99. The largest absolute Gasteiger partial charge is 0.353 e. The maximum Gasteiger partial charge on any atom is 0.105 e. The topological polar surface area (TPSA) is 54.7 Å². The molecule has 2 aromatic heterocycles. The average molecular weight is 328 g/mol. The molecule has 0 saturated carbocycles. The molecule has 0 radical (unpaired) electrons. The van der Waals surface area contributed by atoms with Crippen molar-refractivity contribution in [2.45, 2.75) is 32.6 Å². The molecule has 3 rings (SSSR count). The summed E-state index contributed by atoms with van der Waals surface area (Å²) in [7, 11) is 0. The number of hydrogen-bond acceptors (Lipinski definition) is 2. The molecule has 0 unspecified atom stereocenters. The van der Waals surface area contributed by atoms with Crippen molar-refractivity contribution >= 4 is 22.5 Å². The molecule has 0 fully saturated rings. The van der Waals surface area contributed by atoms with E-state index in [1.54, 1.807) is 6.20 Å². The number of hydrogen-bond donors (Lipinski definition) is 2. The Morgan fingerprint density at radius 1 is 1.22 bits per heavy atom. The number of nitrogens with zero attached hydrogens (tertiary/aromatic N) is 1. The SMILES string of the molecule is CCc1ccc2[nH]c(-c3ncccc3Cl)c(CCCCN)c2c1. The molecule has 0 bridgehead atoms. The molecule has 120 valence electrons. The summed E-state index contributed by atoms with van der Waals surface area (Å²) < 4.78 is 0. The molecule has 23 heavy (non-hydrogen) atoms. The van der Waals surface area contributed by atoms with Crippen LogP contribution in [0.2, 0.25) is 5.02 Å². The molecule has 3 N–H and O–H groups in total. The van der Waals surface area contributed by atoms with Crippen molar-refractivity contribution in [2.75, 3.05) is 6.54 Å². The summed E-state index contributed by atoms with van der Waals surface area (Å²) in [6.45, 7) is 2.90. The van der Waals surface area contributed by atoms with Crippen molar-refractivity contribution in [2.24, 2.45) is 5.73 Å². The molecule has 1 aromatic carbocycles. The molecule has 2 heterocycles. The number of H-pyrrole nitrogens is 1. The van der Waals surface area contributed by atoms with E-state index >= 15 is 0 Å². The number of benzene rings is 1. The van der Waals surface area contributed by atoms with E-state index in [0.29, 0.717) is 5.02 Å². The lowest BCUT2D eigenvalue weighted by Crippen LogP contribution is -1.99. The summed E-state index contributed by atoms with van der Waals surface area (Å²) in [5, 5.41) is 1.95. The highest BCUT2D eigenvalue weighted by molar-refractivity contribution is 6.33. The number of fused-ring (bicyclic) bond motifs is 1. The van der Waals surface area contributed by atoms with E-state index in [1.165, 1.54) is 16.5 Å². The first kappa shape index (κ1) is 16.0. The molecule has 0 aliphatic carbocycles. The van der Waals surface area contributed by atoms with Crippen molar-refractivity contribution in [3.8, 4) is 11.4 Å². The Hall–Kier alpha value is -1.84. The minimum Gasteiger partial charge on any atom is -0.353 e. The standard InChI is InChI=1S/C19H22ClN3/c1-2-13-8-9-17-15(12-13)14(6-3-4-10-21)18(23-17)19-16(20)7-5-11-22-19/h5,7-9,11-12,23H,2-4,6,10,21H2,1H3. The van der Waals surface area contributed by atoms with Crippen LogP contribution in [0.5, 0.6) is 0 Å². The zero-order chi connectivity index (χ0) is 16.2. The number of nitrogens with one attached hydrogen (secondary N) is 1. The van der Waals surface area contributed by atoms with Crippen molar-refractivity contribution in [3.05, 3.63) is 52.7 Å². The van der Waals surface area contributed by atoms with Gasteiger partial charge in [-0.2, -0.15) is 0 Å². The maximum absolute atomic E-state index is 6.38. The van der Waals surface area contributed by atoms with Crippen LogP contribution in [0.4, 0.5) is 0 Å². The monoisotopic (exact) mass is 327 g/mol. The summed E-state index contributed by atoms with van der Waals surface area (Å²) in [5.74, 6) is 0. The van der Waals surface area contributed by atoms with Gasteiger partial charge in [-0.15, -0.1) is 0 Å². The molecule has 0 spiro atoms. The van der Waals surface area contributed by atoms with Gasteiger partial charge in [-0.05, 0) is 67.6 Å². The Labute approximate surface area is 141 Å². The van der Waals surface area contributed by atoms with E-state index in [4.69, 9.17) is 17.3 Å². The lowest BCUT2D eigenvalue weighted by molar-refractivity contribution is 0.748. The van der Waals surface area contributed by atoms with Crippen molar-refractivity contribution in [1.29, 1.82) is 0 Å². The van der Waals surface area contributed by atoms with Crippen LogP contribution >= 0.6 is 11.6 Å². The number of nitrogens with two attached hydrogens (primary N) is 1. The van der Waals surface area contributed by atoms with E-state index < -0.39 is 0 Å². The molecule has 0 saturated heterocycles. The van der Waals surface area contributed by atoms with Crippen LogP contribution in [-0.4, -0.2) is 16.5 Å². The van der Waals surface area contributed by atoms with Crippen LogP contribution in [0, 0.1) is 0 Å². The van der Waals surface area contributed by atoms with Crippen LogP contribution in [0.1, 0.15) is 30.9 Å². The molecule has 3 aromatic rings.